The largest absolute Gasteiger partial charge is 0.477 e. The van der Waals surface area contributed by atoms with Crippen molar-refractivity contribution in [3.05, 3.63) is 0 Å². The van der Waals surface area contributed by atoms with E-state index in [1.54, 1.807) is 34.6 Å². The molecular formula is C59H111NO32. The minimum Gasteiger partial charge on any atom is -0.477 e. The van der Waals surface area contributed by atoms with Crippen LogP contribution in [0.4, 0.5) is 0 Å². The van der Waals surface area contributed by atoms with Crippen molar-refractivity contribution in [1.82, 2.24) is 5.32 Å². The fraction of sp³-hybridized carbons (Fsp3) is 0.949. The van der Waals surface area contributed by atoms with Crippen LogP contribution in [-0.2, 0) is 61.8 Å². The van der Waals surface area contributed by atoms with Gasteiger partial charge < -0.3 is 150 Å². The van der Waals surface area contributed by atoms with Crippen LogP contribution in [0.5, 0.6) is 0 Å². The molecule has 7 unspecified atom stereocenters. The van der Waals surface area contributed by atoms with Gasteiger partial charge in [0.15, 0.2) is 18.9 Å². The summed E-state index contributed by atoms with van der Waals surface area (Å²) in [7, 11) is 0. The first kappa shape index (κ1) is 85.4. The zero-order valence-corrected chi connectivity index (χ0v) is 55.4. The number of aliphatic hydroxyl groups is 17. The van der Waals surface area contributed by atoms with E-state index in [2.05, 4.69) is 5.32 Å². The van der Waals surface area contributed by atoms with Gasteiger partial charge in [0.25, 0.3) is 11.6 Å². The zero-order valence-electron chi connectivity index (χ0n) is 55.4. The predicted molar refractivity (Wildman–Crippen MR) is 316 cm³/mol. The molecule has 0 aromatic heterocycles. The first-order chi connectivity index (χ1) is 42.1. The zero-order chi connectivity index (χ0) is 71.1. The topological polar surface area (TPSA) is 540 Å². The van der Waals surface area contributed by atoms with Gasteiger partial charge in [0.05, 0.1) is 83.9 Å². The van der Waals surface area contributed by atoms with Gasteiger partial charge in [-0.05, 0) is 21.7 Å². The van der Waals surface area contributed by atoms with Gasteiger partial charge in [0.1, 0.15) is 91.5 Å². The van der Waals surface area contributed by atoms with Gasteiger partial charge in [-0.1, -0.05) is 96.9 Å². The van der Waals surface area contributed by atoms with E-state index in [9.17, 15) is 96.1 Å². The Balaban J connectivity index is 0.000000430. The summed E-state index contributed by atoms with van der Waals surface area (Å²) in [5, 5.41) is 187. The number of carbonyl (C=O) groups excluding carboxylic acids is 1. The fourth-order valence-corrected chi connectivity index (χ4v) is 9.53. The second-order valence-corrected chi connectivity index (χ2v) is 28.9. The molecule has 33 heteroatoms. The quantitative estimate of drug-likeness (QED) is 0.0482. The summed E-state index contributed by atoms with van der Waals surface area (Å²) < 4.78 is 55.1. The summed E-state index contributed by atoms with van der Waals surface area (Å²) in [6.45, 7) is 25.1. The Bertz CT molecular complexity index is 2100. The molecule has 0 bridgehead atoms. The molecular weight excluding hydrogens is 1230 g/mol. The van der Waals surface area contributed by atoms with Crippen LogP contribution in [0, 0.1) is 33.5 Å². The lowest BCUT2D eigenvalue weighted by molar-refractivity contribution is -0.340. The maximum atomic E-state index is 11.7. The number of hydrogen-bond donors (Lipinski definition) is 20. The van der Waals surface area contributed by atoms with Crippen LogP contribution in [-0.4, -0.2) is 321 Å². The third-order valence-electron chi connectivity index (χ3n) is 15.0. The van der Waals surface area contributed by atoms with Gasteiger partial charge in [0, 0.05) is 31.6 Å². The summed E-state index contributed by atoms with van der Waals surface area (Å²) in [5.41, 5.74) is -0.978. The summed E-state index contributed by atoms with van der Waals surface area (Å²) in [6, 6.07) is -0.990. The molecule has 5 fully saturated rings. The Hall–Kier alpha value is -2.67. The van der Waals surface area contributed by atoms with Crippen LogP contribution < -0.4 is 5.32 Å². The van der Waals surface area contributed by atoms with Crippen molar-refractivity contribution in [2.75, 3.05) is 59.5 Å². The Labute approximate surface area is 536 Å². The lowest BCUT2D eigenvalue weighted by Crippen LogP contribution is -2.67. The third kappa shape index (κ3) is 25.0. The van der Waals surface area contributed by atoms with Crippen molar-refractivity contribution < 1.29 is 159 Å². The minimum atomic E-state index is -2.27. The smallest absolute Gasteiger partial charge is 0.364 e. The Kier molecular flexibility index (Phi) is 33.7. The summed E-state index contributed by atoms with van der Waals surface area (Å²) >= 11 is 0. The summed E-state index contributed by atoms with van der Waals surface area (Å²) in [6.07, 6.45) is -27.6. The highest BCUT2D eigenvalue weighted by Crippen LogP contribution is 2.39. The molecule has 20 N–H and O–H groups in total. The number of carbonyl (C=O) groups is 3. The molecule has 5 aliphatic heterocycles. The van der Waals surface area contributed by atoms with Crippen molar-refractivity contribution in [3.63, 3.8) is 0 Å². The van der Waals surface area contributed by atoms with E-state index in [1.807, 2.05) is 62.3 Å². The maximum absolute atomic E-state index is 11.7. The van der Waals surface area contributed by atoms with Gasteiger partial charge in [0.2, 0.25) is 5.91 Å². The third-order valence-corrected chi connectivity index (χ3v) is 15.0. The number of amides is 1. The number of hydrogen-bond acceptors (Lipinski definition) is 30. The molecule has 0 aromatic carbocycles. The van der Waals surface area contributed by atoms with E-state index in [-0.39, 0.29) is 49.1 Å². The predicted octanol–water partition coefficient (Wildman–Crippen LogP) is -5.03. The van der Waals surface area contributed by atoms with Crippen LogP contribution in [0.2, 0.25) is 0 Å². The number of rotatable bonds is 22. The molecule has 544 valence electrons. The van der Waals surface area contributed by atoms with Crippen LogP contribution in [0.1, 0.15) is 117 Å². The molecule has 0 spiro atoms. The number of ether oxygens (including phenoxy) is 10. The number of carboxylic acids is 2. The highest BCUT2D eigenvalue weighted by molar-refractivity contribution is 5.76. The molecule has 0 saturated carbocycles. The Morgan fingerprint density at radius 2 is 0.870 bits per heavy atom. The average molecular weight is 1350 g/mol. The Morgan fingerprint density at radius 1 is 0.489 bits per heavy atom. The lowest BCUT2D eigenvalue weighted by atomic mass is 9.84. The number of nitrogens with one attached hydrogen (secondary N) is 1. The molecule has 0 aliphatic carbocycles. The first-order valence-corrected chi connectivity index (χ1v) is 30.5. The molecule has 1 amide bonds. The summed E-state index contributed by atoms with van der Waals surface area (Å²) in [5.74, 6) is -9.09. The average Bonchev–Trinajstić information content (AvgIpc) is 1.06. The van der Waals surface area contributed by atoms with Gasteiger partial charge in [-0.15, -0.1) is 0 Å². The van der Waals surface area contributed by atoms with Crippen molar-refractivity contribution in [2.24, 2.45) is 33.5 Å². The molecule has 5 heterocycles. The van der Waals surface area contributed by atoms with Crippen molar-refractivity contribution >= 4 is 17.8 Å². The van der Waals surface area contributed by atoms with Crippen molar-refractivity contribution in [2.45, 2.75) is 263 Å². The fourth-order valence-electron chi connectivity index (χ4n) is 9.53. The van der Waals surface area contributed by atoms with Gasteiger partial charge in [-0.25, -0.2) is 9.59 Å². The number of aliphatic hydroxyl groups excluding tert-OH is 17. The second kappa shape index (κ2) is 36.2. The molecule has 5 aliphatic rings. The van der Waals surface area contributed by atoms with Gasteiger partial charge >= 0.3 is 11.9 Å². The van der Waals surface area contributed by atoms with Crippen molar-refractivity contribution in [3.8, 4) is 0 Å². The molecule has 0 radical (unpaired) electrons. The van der Waals surface area contributed by atoms with Crippen LogP contribution in [0.3, 0.4) is 0 Å². The number of aliphatic carboxylic acids is 2. The highest BCUT2D eigenvalue weighted by atomic mass is 16.8. The summed E-state index contributed by atoms with van der Waals surface area (Å²) in [4.78, 5) is 35.0. The maximum Gasteiger partial charge on any atom is 0.364 e. The van der Waals surface area contributed by atoms with Crippen LogP contribution in [0.15, 0.2) is 0 Å². The molecule has 0 aromatic rings. The van der Waals surface area contributed by atoms with E-state index in [1.165, 1.54) is 6.92 Å². The molecule has 5 rings (SSSR count). The molecule has 33 nitrogen and oxygen atoms in total. The molecule has 92 heavy (non-hydrogen) atoms. The van der Waals surface area contributed by atoms with Crippen LogP contribution >= 0.6 is 0 Å². The van der Waals surface area contributed by atoms with Crippen LogP contribution in [0.25, 0.3) is 0 Å². The second-order valence-electron chi connectivity index (χ2n) is 28.9. The van der Waals surface area contributed by atoms with Crippen molar-refractivity contribution in [1.29, 1.82) is 0 Å². The van der Waals surface area contributed by atoms with E-state index >= 15 is 0 Å². The van der Waals surface area contributed by atoms with Gasteiger partial charge in [-0.3, -0.25) is 4.79 Å². The normalized spacial score (nSPS) is 37.6. The van der Waals surface area contributed by atoms with E-state index < -0.39 is 214 Å². The highest BCUT2D eigenvalue weighted by Gasteiger charge is 2.57. The van der Waals surface area contributed by atoms with E-state index in [0.29, 0.717) is 6.61 Å². The lowest BCUT2D eigenvalue weighted by Gasteiger charge is -2.47. The standard InChI is InChI=1S/C20H37NO10.C15H28O8.C14H26O9.C10H20O5/c1-9-14(25)15(26)11(6-22)29-18(9)31-17-12(7-23)30-19(28-8-20(3,4)5)13(16(17)27)21-10(2)24;1-8-9(17)5-15(13(20)21,22-7-14(2,3)4)23-12(8)11(19)10(18)6-16;1-13(2,3)6-22-14(12(20)21)4-7(16)9(18)11(23-14)10(19)8(17)5-15;1-10(2,3)5-14-9-8(13)7(12)6(4-11)15-9/h9,11-19,22-23,25-27H,6-8H2,1-5H3,(H,21,24);8-12,16-19H,5-7H2,1-4H3,(H,20,21);7-11,15-19H,4-6H2,1-3H3,(H,20,21);6-9,11-13H,4-5H2,1-3H3/t9?,11?,12?,13?,14-,15-,16-,17-,18+,19-;8-,9-,10-,11-,12?,15-;7-,8-,9-,10-,11?,14-;6-,7?,8-,9+/m1111/s1. The first-order valence-electron chi connectivity index (χ1n) is 30.5. The monoisotopic (exact) mass is 1350 g/mol. The Morgan fingerprint density at radius 3 is 1.27 bits per heavy atom. The van der Waals surface area contributed by atoms with Gasteiger partial charge in [-0.2, -0.15) is 0 Å². The minimum absolute atomic E-state index is 0.0204. The van der Waals surface area contributed by atoms with E-state index in [0.717, 1.165) is 0 Å². The molecule has 26 atom stereocenters. The molecule has 5 saturated heterocycles. The SMILES string of the molecule is CC(=O)NC1[C@H](OCC(C)(C)C)OC(CO)[C@@H](O[C@@H]2OC(CO)[C@@H](O)[C@H](O)C2C)[C@@H]1O.CC(C)(C)CO[C@H]1O[C@H](CO)C(O)[C@H]1O.CC(C)(C)CO[C@]1(C(=O)O)C[C@@H](O)[C@@H](O)C([C@H](O)[C@H](O)CO)O1.C[C@H]1C([C@H](O)[C@H](O)CO)O[C@@](OCC(C)(C)C)(C(=O)O)C[C@H]1O. The number of carboxylic acid groups (broad SMARTS) is 2. The van der Waals surface area contributed by atoms with E-state index in [4.69, 9.17) is 62.7 Å².